The van der Waals surface area contributed by atoms with Crippen molar-refractivity contribution >= 4 is 16.9 Å². The molecule has 0 fully saturated rings. The van der Waals surface area contributed by atoms with Crippen molar-refractivity contribution in [3.8, 4) is 5.75 Å². The lowest BCUT2D eigenvalue weighted by Gasteiger charge is -2.17. The molecule has 1 aromatic heterocycles. The summed E-state index contributed by atoms with van der Waals surface area (Å²) < 4.78 is 10.8. The first-order valence-corrected chi connectivity index (χ1v) is 6.43. The molecule has 0 aliphatic heterocycles. The van der Waals surface area contributed by atoms with Crippen molar-refractivity contribution in [1.82, 2.24) is 4.98 Å². The molecule has 0 radical (unpaired) electrons. The van der Waals surface area contributed by atoms with Gasteiger partial charge in [-0.2, -0.15) is 0 Å². The Kier molecular flexibility index (Phi) is 4.34. The zero-order chi connectivity index (χ0) is 13.7. The molecular weight excluding hydrogens is 242 g/mol. The van der Waals surface area contributed by atoms with Gasteiger partial charge in [-0.1, -0.05) is 13.0 Å². The summed E-state index contributed by atoms with van der Waals surface area (Å²) >= 11 is 0. The summed E-state index contributed by atoms with van der Waals surface area (Å²) in [5.41, 5.74) is 0.846. The van der Waals surface area contributed by atoms with Crippen molar-refractivity contribution in [2.75, 3.05) is 6.61 Å². The van der Waals surface area contributed by atoms with E-state index in [1.807, 2.05) is 37.3 Å². The van der Waals surface area contributed by atoms with Gasteiger partial charge in [-0.3, -0.25) is 4.98 Å². The molecule has 4 heteroatoms. The second kappa shape index (κ2) is 6.18. The minimum Gasteiger partial charge on any atom is -0.478 e. The largest absolute Gasteiger partial charge is 0.478 e. The second-order valence-electron chi connectivity index (χ2n) is 4.09. The van der Waals surface area contributed by atoms with Crippen LogP contribution < -0.4 is 4.74 Å². The molecule has 0 aliphatic rings. The summed E-state index contributed by atoms with van der Waals surface area (Å²) in [6.07, 6.45) is 1.72. The van der Waals surface area contributed by atoms with Crippen molar-refractivity contribution in [3.05, 3.63) is 36.5 Å². The Labute approximate surface area is 112 Å². The Bertz CT molecular complexity index is 563. The molecule has 19 heavy (non-hydrogen) atoms. The van der Waals surface area contributed by atoms with E-state index >= 15 is 0 Å². The van der Waals surface area contributed by atoms with Gasteiger partial charge in [0.15, 0.2) is 6.10 Å². The number of carbonyl (C=O) groups excluding carboxylic acids is 1. The molecule has 100 valence electrons. The molecule has 0 aliphatic carbocycles. The van der Waals surface area contributed by atoms with E-state index in [-0.39, 0.29) is 5.97 Å². The SMILES string of the molecule is CCOC(=O)C(CC)Oc1cccc2ncccc12. The third kappa shape index (κ3) is 3.02. The van der Waals surface area contributed by atoms with Crippen LogP contribution in [0.4, 0.5) is 0 Å². The van der Waals surface area contributed by atoms with Crippen molar-refractivity contribution in [2.45, 2.75) is 26.4 Å². The average Bonchev–Trinajstić information content (AvgIpc) is 2.45. The zero-order valence-corrected chi connectivity index (χ0v) is 11.1. The summed E-state index contributed by atoms with van der Waals surface area (Å²) in [6.45, 7) is 4.03. The maximum absolute atomic E-state index is 11.8. The van der Waals surface area contributed by atoms with Crippen LogP contribution in [0.25, 0.3) is 10.9 Å². The summed E-state index contributed by atoms with van der Waals surface area (Å²) in [5.74, 6) is 0.330. The Morgan fingerprint density at radius 3 is 2.84 bits per heavy atom. The van der Waals surface area contributed by atoms with Crippen LogP contribution in [-0.2, 0) is 9.53 Å². The number of esters is 1. The lowest BCUT2D eigenvalue weighted by molar-refractivity contribution is -0.151. The second-order valence-corrected chi connectivity index (χ2v) is 4.09. The maximum Gasteiger partial charge on any atom is 0.347 e. The predicted molar refractivity (Wildman–Crippen MR) is 73.1 cm³/mol. The van der Waals surface area contributed by atoms with Gasteiger partial charge in [0.05, 0.1) is 12.1 Å². The first-order valence-electron chi connectivity index (χ1n) is 6.43. The van der Waals surface area contributed by atoms with Gasteiger partial charge in [-0.05, 0) is 37.6 Å². The van der Waals surface area contributed by atoms with Crippen LogP contribution in [-0.4, -0.2) is 23.7 Å². The Morgan fingerprint density at radius 1 is 1.26 bits per heavy atom. The number of benzene rings is 1. The van der Waals surface area contributed by atoms with Gasteiger partial charge in [-0.25, -0.2) is 4.79 Å². The van der Waals surface area contributed by atoms with E-state index in [0.29, 0.717) is 18.8 Å². The topological polar surface area (TPSA) is 48.4 Å². The molecule has 2 rings (SSSR count). The minimum absolute atomic E-state index is 0.328. The zero-order valence-electron chi connectivity index (χ0n) is 11.1. The molecule has 1 atom stereocenters. The number of pyridine rings is 1. The number of nitrogens with zero attached hydrogens (tertiary/aromatic N) is 1. The highest BCUT2D eigenvalue weighted by Crippen LogP contribution is 2.25. The molecule has 0 bridgehead atoms. The Balaban J connectivity index is 2.27. The van der Waals surface area contributed by atoms with E-state index < -0.39 is 6.10 Å². The molecule has 0 N–H and O–H groups in total. The van der Waals surface area contributed by atoms with Crippen LogP contribution >= 0.6 is 0 Å². The fourth-order valence-electron chi connectivity index (χ4n) is 1.86. The molecule has 1 heterocycles. The smallest absolute Gasteiger partial charge is 0.347 e. The van der Waals surface area contributed by atoms with Gasteiger partial charge >= 0.3 is 5.97 Å². The first kappa shape index (κ1) is 13.3. The normalized spacial score (nSPS) is 12.1. The third-order valence-corrected chi connectivity index (χ3v) is 2.80. The van der Waals surface area contributed by atoms with Crippen LogP contribution in [0.1, 0.15) is 20.3 Å². The molecule has 1 aromatic carbocycles. The maximum atomic E-state index is 11.8. The van der Waals surface area contributed by atoms with Crippen molar-refractivity contribution in [2.24, 2.45) is 0 Å². The lowest BCUT2D eigenvalue weighted by atomic mass is 10.2. The fraction of sp³-hybridized carbons (Fsp3) is 0.333. The molecule has 2 aromatic rings. The number of fused-ring (bicyclic) bond motifs is 1. The van der Waals surface area contributed by atoms with Crippen molar-refractivity contribution in [3.63, 3.8) is 0 Å². The van der Waals surface area contributed by atoms with Gasteiger partial charge in [-0.15, -0.1) is 0 Å². The summed E-state index contributed by atoms with van der Waals surface area (Å²) in [7, 11) is 0. The van der Waals surface area contributed by atoms with Crippen molar-refractivity contribution in [1.29, 1.82) is 0 Å². The van der Waals surface area contributed by atoms with Crippen LogP contribution in [0, 0.1) is 0 Å². The number of rotatable bonds is 5. The van der Waals surface area contributed by atoms with Crippen molar-refractivity contribution < 1.29 is 14.3 Å². The molecule has 0 amide bonds. The molecular formula is C15H17NO3. The first-order chi connectivity index (χ1) is 9.26. The van der Waals surface area contributed by atoms with E-state index in [1.54, 1.807) is 13.1 Å². The molecule has 0 spiro atoms. The lowest BCUT2D eigenvalue weighted by Crippen LogP contribution is -2.28. The van der Waals surface area contributed by atoms with Gasteiger partial charge in [0, 0.05) is 11.6 Å². The van der Waals surface area contributed by atoms with Crippen LogP contribution in [0.2, 0.25) is 0 Å². The summed E-state index contributed by atoms with van der Waals surface area (Å²) in [4.78, 5) is 16.0. The number of aromatic nitrogens is 1. The predicted octanol–water partition coefficient (Wildman–Crippen LogP) is 2.96. The number of ether oxygens (including phenoxy) is 2. The number of hydrogen-bond acceptors (Lipinski definition) is 4. The summed E-state index contributed by atoms with van der Waals surface area (Å²) in [6, 6.07) is 9.39. The number of carbonyl (C=O) groups is 1. The Morgan fingerprint density at radius 2 is 2.11 bits per heavy atom. The third-order valence-electron chi connectivity index (χ3n) is 2.80. The molecule has 0 saturated carbocycles. The molecule has 0 saturated heterocycles. The van der Waals surface area contributed by atoms with Gasteiger partial charge in [0.2, 0.25) is 0 Å². The Hall–Kier alpha value is -2.10. The van der Waals surface area contributed by atoms with E-state index in [1.165, 1.54) is 0 Å². The quantitative estimate of drug-likeness (QED) is 0.774. The summed E-state index contributed by atoms with van der Waals surface area (Å²) in [5, 5.41) is 0.896. The van der Waals surface area contributed by atoms with E-state index in [0.717, 1.165) is 10.9 Å². The average molecular weight is 259 g/mol. The highest BCUT2D eigenvalue weighted by molar-refractivity contribution is 5.85. The van der Waals surface area contributed by atoms with Crippen LogP contribution in [0.15, 0.2) is 36.5 Å². The minimum atomic E-state index is -0.578. The van der Waals surface area contributed by atoms with E-state index in [9.17, 15) is 4.79 Å². The molecule has 4 nitrogen and oxygen atoms in total. The monoisotopic (exact) mass is 259 g/mol. The van der Waals surface area contributed by atoms with Crippen LogP contribution in [0.5, 0.6) is 5.75 Å². The van der Waals surface area contributed by atoms with E-state index in [4.69, 9.17) is 9.47 Å². The molecule has 1 unspecified atom stereocenters. The van der Waals surface area contributed by atoms with Gasteiger partial charge in [0.1, 0.15) is 5.75 Å². The van der Waals surface area contributed by atoms with Gasteiger partial charge < -0.3 is 9.47 Å². The highest BCUT2D eigenvalue weighted by atomic mass is 16.6. The fourth-order valence-corrected chi connectivity index (χ4v) is 1.86. The standard InChI is InChI=1S/C15H17NO3/c1-3-13(15(17)18-4-2)19-14-9-5-8-12-11(14)7-6-10-16-12/h5-10,13H,3-4H2,1-2H3. The number of hydrogen-bond donors (Lipinski definition) is 0. The van der Waals surface area contributed by atoms with Gasteiger partial charge in [0.25, 0.3) is 0 Å². The van der Waals surface area contributed by atoms with Crippen LogP contribution in [0.3, 0.4) is 0 Å². The van der Waals surface area contributed by atoms with E-state index in [2.05, 4.69) is 4.98 Å². The highest BCUT2D eigenvalue weighted by Gasteiger charge is 2.20.